The summed E-state index contributed by atoms with van der Waals surface area (Å²) in [4.78, 5) is 0. The molecule has 0 radical (unpaired) electrons. The Hall–Kier alpha value is -1.24. The second-order valence-electron chi connectivity index (χ2n) is 3.90. The van der Waals surface area contributed by atoms with Crippen molar-refractivity contribution in [2.45, 2.75) is 32.1 Å². The van der Waals surface area contributed by atoms with Crippen LogP contribution in [0, 0.1) is 0 Å². The molecule has 1 N–H and O–H groups in total. The van der Waals surface area contributed by atoms with Gasteiger partial charge in [0.15, 0.2) is 5.75 Å². The molecule has 0 bridgehead atoms. The summed E-state index contributed by atoms with van der Waals surface area (Å²) >= 11 is 0. The van der Waals surface area contributed by atoms with Crippen LogP contribution in [0.1, 0.15) is 31.6 Å². The molecule has 0 aliphatic carbocycles. The Labute approximate surface area is 97.8 Å². The molecule has 0 spiro atoms. The lowest BCUT2D eigenvalue weighted by atomic mass is 10.1. The third kappa shape index (κ3) is 2.71. The van der Waals surface area contributed by atoms with Crippen LogP contribution in [0.25, 0.3) is 0 Å². The van der Waals surface area contributed by atoms with Crippen LogP contribution in [-0.2, 0) is 0 Å². The van der Waals surface area contributed by atoms with E-state index in [1.54, 1.807) is 13.8 Å². The van der Waals surface area contributed by atoms with Gasteiger partial charge in [0.1, 0.15) is 11.7 Å². The van der Waals surface area contributed by atoms with Gasteiger partial charge in [-0.05, 0) is 20.9 Å². The molecule has 1 unspecified atom stereocenters. The minimum atomic E-state index is -4.39. The monoisotopic (exact) mass is 251 g/mol. The van der Waals surface area contributed by atoms with Crippen molar-refractivity contribution < 1.29 is 17.9 Å². The molecule has 7 heteroatoms. The molecule has 1 atom stereocenters. The van der Waals surface area contributed by atoms with Gasteiger partial charge in [0.2, 0.25) is 0 Å². The third-order valence-electron chi connectivity index (χ3n) is 2.40. The molecule has 1 aromatic heterocycles. The Morgan fingerprint density at radius 2 is 2.00 bits per heavy atom. The highest BCUT2D eigenvalue weighted by molar-refractivity contribution is 5.29. The van der Waals surface area contributed by atoms with Gasteiger partial charge in [-0.25, -0.2) is 0 Å². The minimum absolute atomic E-state index is 0.00231. The zero-order valence-corrected chi connectivity index (χ0v) is 10.2. The first-order valence-electron chi connectivity index (χ1n) is 5.18. The van der Waals surface area contributed by atoms with Gasteiger partial charge in [0, 0.05) is 6.04 Å². The lowest BCUT2D eigenvalue weighted by Crippen LogP contribution is -2.34. The lowest BCUT2D eigenvalue weighted by molar-refractivity contribution is -0.158. The predicted octanol–water partition coefficient (Wildman–Crippen LogP) is 2.30. The second-order valence-corrected chi connectivity index (χ2v) is 3.90. The van der Waals surface area contributed by atoms with Gasteiger partial charge in [0.05, 0.1) is 13.3 Å². The molecule has 1 heterocycles. The summed E-state index contributed by atoms with van der Waals surface area (Å²) in [6.07, 6.45) is -3.10. The number of nitrogens with zero attached hydrogens (tertiary/aromatic N) is 2. The molecule has 0 saturated carbocycles. The van der Waals surface area contributed by atoms with Crippen molar-refractivity contribution in [1.29, 1.82) is 0 Å². The standard InChI is InChI=1S/C10H16F3N3O/c1-6(2)16-8(7(17-4)5-15-16)9(14-3)10(11,12)13/h5-6,9,14H,1-4H3. The second kappa shape index (κ2) is 4.95. The maximum atomic E-state index is 12.9. The molecule has 0 aliphatic heterocycles. The van der Waals surface area contributed by atoms with Crippen molar-refractivity contribution in [1.82, 2.24) is 15.1 Å². The van der Waals surface area contributed by atoms with E-state index in [4.69, 9.17) is 4.74 Å². The van der Waals surface area contributed by atoms with Gasteiger partial charge in [-0.2, -0.15) is 18.3 Å². The summed E-state index contributed by atoms with van der Waals surface area (Å²) in [5, 5.41) is 6.17. The quantitative estimate of drug-likeness (QED) is 0.892. The van der Waals surface area contributed by atoms with E-state index in [9.17, 15) is 13.2 Å². The number of rotatable bonds is 4. The molecule has 4 nitrogen and oxygen atoms in total. The number of methoxy groups -OCH3 is 1. The molecular weight excluding hydrogens is 235 g/mol. The lowest BCUT2D eigenvalue weighted by Gasteiger charge is -2.23. The van der Waals surface area contributed by atoms with Crippen molar-refractivity contribution >= 4 is 0 Å². The number of ether oxygens (including phenoxy) is 1. The Kier molecular flexibility index (Phi) is 4.03. The third-order valence-corrected chi connectivity index (χ3v) is 2.40. The van der Waals surface area contributed by atoms with E-state index in [1.807, 2.05) is 0 Å². The van der Waals surface area contributed by atoms with Crippen LogP contribution in [0.2, 0.25) is 0 Å². The smallest absolute Gasteiger partial charge is 0.409 e. The highest BCUT2D eigenvalue weighted by Crippen LogP contribution is 2.37. The Morgan fingerprint density at radius 1 is 1.41 bits per heavy atom. The van der Waals surface area contributed by atoms with Crippen LogP contribution in [0.3, 0.4) is 0 Å². The number of aromatic nitrogens is 2. The highest BCUT2D eigenvalue weighted by Gasteiger charge is 2.43. The topological polar surface area (TPSA) is 39.1 Å². The maximum Gasteiger partial charge on any atom is 0.409 e. The van der Waals surface area contributed by atoms with Crippen LogP contribution >= 0.6 is 0 Å². The van der Waals surface area contributed by atoms with Crippen molar-refractivity contribution in [3.05, 3.63) is 11.9 Å². The maximum absolute atomic E-state index is 12.9. The summed E-state index contributed by atoms with van der Waals surface area (Å²) in [6.45, 7) is 3.53. The molecule has 0 saturated heterocycles. The fourth-order valence-corrected chi connectivity index (χ4v) is 1.65. The molecule has 0 amide bonds. The molecule has 0 aromatic carbocycles. The number of hydrogen-bond acceptors (Lipinski definition) is 3. The van der Waals surface area contributed by atoms with E-state index in [1.165, 1.54) is 25.0 Å². The molecule has 1 aromatic rings. The van der Waals surface area contributed by atoms with Crippen LogP contribution in [0.4, 0.5) is 13.2 Å². The number of halogens is 3. The van der Waals surface area contributed by atoms with Gasteiger partial charge in [-0.1, -0.05) is 0 Å². The van der Waals surface area contributed by atoms with E-state index in [0.29, 0.717) is 0 Å². The molecular formula is C10H16F3N3O. The number of hydrogen-bond donors (Lipinski definition) is 1. The summed E-state index contributed by atoms with van der Waals surface area (Å²) in [5.41, 5.74) is -0.00231. The average molecular weight is 251 g/mol. The molecule has 17 heavy (non-hydrogen) atoms. The van der Waals surface area contributed by atoms with Gasteiger partial charge < -0.3 is 10.1 Å². The van der Waals surface area contributed by atoms with Gasteiger partial charge in [0.25, 0.3) is 0 Å². The predicted molar refractivity (Wildman–Crippen MR) is 57.0 cm³/mol. The molecule has 0 fully saturated rings. The van der Waals surface area contributed by atoms with Gasteiger partial charge >= 0.3 is 6.18 Å². The van der Waals surface area contributed by atoms with E-state index in [2.05, 4.69) is 10.4 Å². The summed E-state index contributed by atoms with van der Waals surface area (Å²) in [6, 6.07) is -1.96. The average Bonchev–Trinajstić information content (AvgIpc) is 2.60. The first-order chi connectivity index (χ1) is 7.82. The van der Waals surface area contributed by atoms with E-state index in [-0.39, 0.29) is 17.5 Å². The van der Waals surface area contributed by atoms with Crippen molar-refractivity contribution in [3.8, 4) is 5.75 Å². The largest absolute Gasteiger partial charge is 0.493 e. The van der Waals surface area contributed by atoms with E-state index < -0.39 is 12.2 Å². The fraction of sp³-hybridized carbons (Fsp3) is 0.700. The van der Waals surface area contributed by atoms with Gasteiger partial charge in [-0.3, -0.25) is 4.68 Å². The van der Waals surface area contributed by atoms with Crippen LogP contribution in [0.5, 0.6) is 5.75 Å². The summed E-state index contributed by atoms with van der Waals surface area (Å²) in [5.74, 6) is 0.135. The first kappa shape index (κ1) is 13.8. The number of nitrogens with one attached hydrogen (secondary N) is 1. The zero-order chi connectivity index (χ0) is 13.2. The number of alkyl halides is 3. The van der Waals surface area contributed by atoms with Crippen LogP contribution in [-0.4, -0.2) is 30.1 Å². The minimum Gasteiger partial charge on any atom is -0.493 e. The van der Waals surface area contributed by atoms with Crippen molar-refractivity contribution in [2.24, 2.45) is 0 Å². The van der Waals surface area contributed by atoms with Gasteiger partial charge in [-0.15, -0.1) is 0 Å². The molecule has 1 rings (SSSR count). The SMILES string of the molecule is CNC(c1c(OC)cnn1C(C)C)C(F)(F)F. The summed E-state index contributed by atoms with van der Waals surface area (Å²) in [7, 11) is 2.59. The van der Waals surface area contributed by atoms with Crippen molar-refractivity contribution in [2.75, 3.05) is 14.2 Å². The van der Waals surface area contributed by atoms with Crippen molar-refractivity contribution in [3.63, 3.8) is 0 Å². The Morgan fingerprint density at radius 3 is 2.35 bits per heavy atom. The van der Waals surface area contributed by atoms with E-state index >= 15 is 0 Å². The molecule has 0 aliphatic rings. The normalized spacial score (nSPS) is 14.1. The Balaban J connectivity index is 3.29. The van der Waals surface area contributed by atoms with E-state index in [0.717, 1.165) is 0 Å². The van der Waals surface area contributed by atoms with Crippen LogP contribution < -0.4 is 10.1 Å². The summed E-state index contributed by atoms with van der Waals surface area (Å²) < 4.78 is 44.9. The zero-order valence-electron chi connectivity index (χ0n) is 10.2. The fourth-order valence-electron chi connectivity index (χ4n) is 1.65. The first-order valence-corrected chi connectivity index (χ1v) is 5.18. The Bertz CT molecular complexity index is 373. The van der Waals surface area contributed by atoms with Crippen LogP contribution in [0.15, 0.2) is 6.20 Å². The highest BCUT2D eigenvalue weighted by atomic mass is 19.4. The molecule has 98 valence electrons.